The highest BCUT2D eigenvalue weighted by molar-refractivity contribution is 6.38. The Morgan fingerprint density at radius 3 is 2.42 bits per heavy atom. The van der Waals surface area contributed by atoms with Gasteiger partial charge in [0.1, 0.15) is 11.8 Å². The number of nitrogens with one attached hydrogen (secondary N) is 1. The third kappa shape index (κ3) is 4.86. The number of esters is 1. The zero-order valence-electron chi connectivity index (χ0n) is 15.7. The third-order valence-electron chi connectivity index (χ3n) is 4.11. The second-order valence-corrected chi connectivity index (χ2v) is 7.19. The molecule has 2 aromatic rings. The fraction of sp³-hybridized carbons (Fsp3) is 0.333. The van der Waals surface area contributed by atoms with E-state index in [9.17, 15) is 28.0 Å². The summed E-state index contributed by atoms with van der Waals surface area (Å²) in [4.78, 5) is 24.2. The van der Waals surface area contributed by atoms with Gasteiger partial charge in [0.2, 0.25) is 11.4 Å². The van der Waals surface area contributed by atoms with E-state index in [4.69, 9.17) is 32.7 Å². The van der Waals surface area contributed by atoms with Crippen LogP contribution in [0.1, 0.15) is 31.0 Å². The van der Waals surface area contributed by atoms with Crippen LogP contribution in [0, 0.1) is 17.2 Å². The van der Waals surface area contributed by atoms with Crippen molar-refractivity contribution in [3.63, 3.8) is 0 Å². The average Bonchev–Trinajstić information content (AvgIpc) is 3.47. The molecule has 13 heteroatoms. The Morgan fingerprint density at radius 1 is 1.32 bits per heavy atom. The number of ether oxygens (including phenoxy) is 2. The second-order valence-electron chi connectivity index (χ2n) is 6.38. The van der Waals surface area contributed by atoms with Crippen LogP contribution in [0.15, 0.2) is 12.1 Å². The Morgan fingerprint density at radius 2 is 1.94 bits per heavy atom. The SMILES string of the molecule is CCOC(=O)Nc1c(OC(=O)C2CC2)c(C#N)nn1-c1c(Cl)cc(C(F)(F)F)cc1Cl. The fourth-order valence-electron chi connectivity index (χ4n) is 2.54. The minimum absolute atomic E-state index is 0.00986. The van der Waals surface area contributed by atoms with E-state index in [0.29, 0.717) is 25.0 Å². The van der Waals surface area contributed by atoms with Gasteiger partial charge in [-0.25, -0.2) is 9.48 Å². The summed E-state index contributed by atoms with van der Waals surface area (Å²) >= 11 is 12.1. The predicted molar refractivity (Wildman–Crippen MR) is 102 cm³/mol. The molecule has 0 unspecified atom stereocenters. The second kappa shape index (κ2) is 8.64. The van der Waals surface area contributed by atoms with Crippen molar-refractivity contribution in [2.45, 2.75) is 25.9 Å². The van der Waals surface area contributed by atoms with Crippen LogP contribution in [0.5, 0.6) is 5.75 Å². The molecule has 0 saturated heterocycles. The number of halogens is 5. The number of nitrogens with zero attached hydrogens (tertiary/aromatic N) is 3. The molecule has 1 aliphatic carbocycles. The lowest BCUT2D eigenvalue weighted by molar-refractivity contribution is -0.137. The first kappa shape index (κ1) is 22.7. The number of alkyl halides is 3. The molecule has 1 aromatic heterocycles. The number of amides is 1. The molecule has 1 heterocycles. The summed E-state index contributed by atoms with van der Waals surface area (Å²) in [6.07, 6.45) is -4.50. The highest BCUT2D eigenvalue weighted by Gasteiger charge is 2.36. The summed E-state index contributed by atoms with van der Waals surface area (Å²) in [6, 6.07) is 2.93. The summed E-state index contributed by atoms with van der Waals surface area (Å²) in [5, 5.41) is 14.7. The van der Waals surface area contributed by atoms with Crippen LogP contribution in [0.4, 0.5) is 23.8 Å². The molecule has 1 N–H and O–H groups in total. The molecule has 31 heavy (non-hydrogen) atoms. The van der Waals surface area contributed by atoms with Crippen molar-refractivity contribution < 1.29 is 32.2 Å². The molecular formula is C18H13Cl2F3N4O4. The van der Waals surface area contributed by atoms with Crippen molar-refractivity contribution in [1.82, 2.24) is 9.78 Å². The van der Waals surface area contributed by atoms with Gasteiger partial charge in [0.25, 0.3) is 0 Å². The summed E-state index contributed by atoms with van der Waals surface area (Å²) < 4.78 is 50.0. The lowest BCUT2D eigenvalue weighted by Gasteiger charge is -2.15. The minimum Gasteiger partial charge on any atom is -0.450 e. The largest absolute Gasteiger partial charge is 0.450 e. The van der Waals surface area contributed by atoms with Crippen LogP contribution >= 0.6 is 23.2 Å². The lowest BCUT2D eigenvalue weighted by atomic mass is 10.2. The van der Waals surface area contributed by atoms with Crippen molar-refractivity contribution in [1.29, 1.82) is 5.26 Å². The highest BCUT2D eigenvalue weighted by atomic mass is 35.5. The molecule has 0 bridgehead atoms. The van der Waals surface area contributed by atoms with E-state index in [0.717, 1.165) is 4.68 Å². The Labute approximate surface area is 183 Å². The zero-order chi connectivity index (χ0) is 22.9. The van der Waals surface area contributed by atoms with Crippen LogP contribution in [-0.2, 0) is 15.7 Å². The van der Waals surface area contributed by atoms with Crippen LogP contribution < -0.4 is 10.1 Å². The molecule has 0 spiro atoms. The average molecular weight is 477 g/mol. The van der Waals surface area contributed by atoms with Crippen LogP contribution in [0.25, 0.3) is 5.69 Å². The maximum absolute atomic E-state index is 13.1. The van der Waals surface area contributed by atoms with Gasteiger partial charge in [-0.05, 0) is 31.9 Å². The van der Waals surface area contributed by atoms with Gasteiger partial charge in [-0.2, -0.15) is 23.5 Å². The van der Waals surface area contributed by atoms with E-state index >= 15 is 0 Å². The monoisotopic (exact) mass is 476 g/mol. The molecule has 0 aliphatic heterocycles. The molecule has 8 nitrogen and oxygen atoms in total. The standard InChI is InChI=1S/C18H13Cl2F3N4O4/c1-2-30-17(29)25-15-14(31-16(28)8-3-4-8)12(7-24)26-27(15)13-10(19)5-9(6-11(13)20)18(21,22)23/h5-6,8H,2-4H2,1H3,(H,25,29). The topological polar surface area (TPSA) is 106 Å². The summed E-state index contributed by atoms with van der Waals surface area (Å²) in [5.74, 6) is -1.76. The van der Waals surface area contributed by atoms with Crippen molar-refractivity contribution >= 4 is 41.1 Å². The molecule has 0 radical (unpaired) electrons. The van der Waals surface area contributed by atoms with Crippen LogP contribution in [0.3, 0.4) is 0 Å². The Kier molecular flexibility index (Phi) is 6.33. The number of benzene rings is 1. The number of rotatable bonds is 5. The van der Waals surface area contributed by atoms with Gasteiger partial charge in [-0.15, -0.1) is 0 Å². The number of aromatic nitrogens is 2. The van der Waals surface area contributed by atoms with Crippen molar-refractivity contribution in [3.8, 4) is 17.5 Å². The summed E-state index contributed by atoms with van der Waals surface area (Å²) in [5.41, 5.74) is -1.81. The normalized spacial score (nSPS) is 13.5. The Hall–Kier alpha value is -2.97. The van der Waals surface area contributed by atoms with Gasteiger partial charge in [0.15, 0.2) is 5.82 Å². The number of nitriles is 1. The number of anilines is 1. The van der Waals surface area contributed by atoms with Gasteiger partial charge >= 0.3 is 18.2 Å². The summed E-state index contributed by atoms with van der Waals surface area (Å²) in [6.45, 7) is 1.53. The molecule has 1 saturated carbocycles. The van der Waals surface area contributed by atoms with E-state index in [1.807, 2.05) is 0 Å². The molecule has 164 valence electrons. The Balaban J connectivity index is 2.17. The molecule has 3 rings (SSSR count). The minimum atomic E-state index is -4.72. The maximum Gasteiger partial charge on any atom is 0.416 e. The summed E-state index contributed by atoms with van der Waals surface area (Å²) in [7, 11) is 0. The molecule has 0 atom stereocenters. The van der Waals surface area contributed by atoms with Gasteiger partial charge in [-0.3, -0.25) is 10.1 Å². The fourth-order valence-corrected chi connectivity index (χ4v) is 3.19. The quantitative estimate of drug-likeness (QED) is 0.611. The molecule has 1 fully saturated rings. The van der Waals surface area contributed by atoms with E-state index in [1.165, 1.54) is 6.92 Å². The van der Waals surface area contributed by atoms with Gasteiger partial charge in [0.05, 0.1) is 28.1 Å². The first-order valence-corrected chi connectivity index (χ1v) is 9.57. The lowest BCUT2D eigenvalue weighted by Crippen LogP contribution is -2.18. The number of carbonyl (C=O) groups is 2. The smallest absolute Gasteiger partial charge is 0.416 e. The number of carbonyl (C=O) groups excluding carboxylic acids is 2. The molecule has 1 amide bonds. The van der Waals surface area contributed by atoms with Crippen molar-refractivity contribution in [2.24, 2.45) is 5.92 Å². The highest BCUT2D eigenvalue weighted by Crippen LogP contribution is 2.41. The first-order valence-electron chi connectivity index (χ1n) is 8.82. The maximum atomic E-state index is 13.1. The van der Waals surface area contributed by atoms with E-state index in [1.54, 1.807) is 6.07 Å². The van der Waals surface area contributed by atoms with Crippen LogP contribution in [0.2, 0.25) is 10.0 Å². The molecule has 1 aromatic carbocycles. The zero-order valence-corrected chi connectivity index (χ0v) is 17.2. The first-order chi connectivity index (χ1) is 14.6. The predicted octanol–water partition coefficient (Wildman–Crippen LogP) is 4.95. The number of hydrogen-bond donors (Lipinski definition) is 1. The van der Waals surface area contributed by atoms with Crippen molar-refractivity contribution in [3.05, 3.63) is 33.4 Å². The van der Waals surface area contributed by atoms with Gasteiger partial charge in [-0.1, -0.05) is 23.2 Å². The Bertz CT molecular complexity index is 1070. The number of hydrogen-bond acceptors (Lipinski definition) is 6. The molecular weight excluding hydrogens is 464 g/mol. The van der Waals surface area contributed by atoms with E-state index in [-0.39, 0.29) is 24.0 Å². The van der Waals surface area contributed by atoms with Gasteiger partial charge < -0.3 is 9.47 Å². The van der Waals surface area contributed by atoms with Crippen LogP contribution in [-0.4, -0.2) is 28.4 Å². The van der Waals surface area contributed by atoms with E-state index in [2.05, 4.69) is 10.4 Å². The molecule has 1 aliphatic rings. The van der Waals surface area contributed by atoms with E-state index < -0.39 is 45.3 Å². The van der Waals surface area contributed by atoms with Gasteiger partial charge in [0, 0.05) is 0 Å². The van der Waals surface area contributed by atoms with Crippen molar-refractivity contribution in [2.75, 3.05) is 11.9 Å². The third-order valence-corrected chi connectivity index (χ3v) is 4.69.